The Hall–Kier alpha value is -4.09. The Labute approximate surface area is 173 Å². The molecular formula is C23H20N6O. The number of aromatic nitrogens is 2. The van der Waals surface area contributed by atoms with E-state index in [1.165, 1.54) is 5.56 Å². The molecule has 0 atom stereocenters. The number of benzene rings is 2. The van der Waals surface area contributed by atoms with Crippen LogP contribution >= 0.6 is 0 Å². The maximum atomic E-state index is 8.56. The van der Waals surface area contributed by atoms with Gasteiger partial charge in [0.25, 0.3) is 0 Å². The van der Waals surface area contributed by atoms with Gasteiger partial charge in [0.15, 0.2) is 5.76 Å². The molecule has 0 unspecified atom stereocenters. The monoisotopic (exact) mass is 396 g/mol. The zero-order valence-corrected chi connectivity index (χ0v) is 16.3. The Kier molecular flexibility index (Phi) is 5.73. The Bertz CT molecular complexity index is 1190. The molecule has 0 amide bonds. The van der Waals surface area contributed by atoms with E-state index < -0.39 is 0 Å². The Morgan fingerprint density at radius 1 is 0.933 bits per heavy atom. The highest BCUT2D eigenvalue weighted by Crippen LogP contribution is 2.25. The molecule has 4 rings (SSSR count). The zero-order chi connectivity index (χ0) is 20.8. The van der Waals surface area contributed by atoms with Crippen molar-refractivity contribution in [1.82, 2.24) is 10.1 Å². The molecule has 2 aromatic carbocycles. The average molecular weight is 396 g/mol. The summed E-state index contributed by atoms with van der Waals surface area (Å²) in [4.78, 5) is 6.92. The number of nitrogen functional groups attached to an aromatic ring is 1. The summed E-state index contributed by atoms with van der Waals surface area (Å²) < 4.78 is 5.44. The number of rotatable bonds is 7. The Morgan fingerprint density at radius 2 is 1.73 bits per heavy atom. The van der Waals surface area contributed by atoms with Crippen LogP contribution in [0.4, 0.5) is 11.5 Å². The molecule has 0 fully saturated rings. The number of azide groups is 1. The summed E-state index contributed by atoms with van der Waals surface area (Å²) in [6, 6.07) is 21.7. The van der Waals surface area contributed by atoms with Crippen LogP contribution < -0.4 is 5.73 Å². The molecule has 4 aromatic rings. The van der Waals surface area contributed by atoms with Crippen LogP contribution in [0.25, 0.3) is 21.8 Å². The number of hydrogen-bond donors (Lipinski definition) is 1. The Balaban J connectivity index is 1.38. The van der Waals surface area contributed by atoms with E-state index in [1.807, 2.05) is 36.4 Å². The first-order valence-corrected chi connectivity index (χ1v) is 9.59. The minimum absolute atomic E-state index is 0.425. The van der Waals surface area contributed by atoms with Crippen molar-refractivity contribution in [3.8, 4) is 11.3 Å². The average Bonchev–Trinajstić information content (AvgIpc) is 3.22. The minimum atomic E-state index is 0.425. The van der Waals surface area contributed by atoms with Crippen molar-refractivity contribution >= 4 is 11.5 Å². The van der Waals surface area contributed by atoms with E-state index in [0.29, 0.717) is 23.7 Å². The van der Waals surface area contributed by atoms with Gasteiger partial charge < -0.3 is 10.3 Å². The molecule has 0 radical (unpaired) electrons. The lowest BCUT2D eigenvalue weighted by Crippen LogP contribution is -1.93. The lowest BCUT2D eigenvalue weighted by Gasteiger charge is -2.05. The van der Waals surface area contributed by atoms with Crippen molar-refractivity contribution < 1.29 is 4.52 Å². The number of aryl methyl sites for hydroxylation is 2. The molecule has 7 nitrogen and oxygen atoms in total. The number of nitrogens with two attached hydrogens (primary N) is 1. The molecule has 2 heterocycles. The number of nitrogens with zero attached hydrogens (tertiary/aromatic N) is 5. The van der Waals surface area contributed by atoms with Gasteiger partial charge in [0.2, 0.25) is 0 Å². The van der Waals surface area contributed by atoms with E-state index in [4.69, 9.17) is 15.8 Å². The van der Waals surface area contributed by atoms with Gasteiger partial charge in [-0.1, -0.05) is 52.7 Å². The molecule has 148 valence electrons. The van der Waals surface area contributed by atoms with Crippen LogP contribution in [0.5, 0.6) is 0 Å². The second-order valence-corrected chi connectivity index (χ2v) is 6.97. The maximum absolute atomic E-state index is 8.56. The third-order valence-corrected chi connectivity index (χ3v) is 4.84. The van der Waals surface area contributed by atoms with Gasteiger partial charge in [0, 0.05) is 29.3 Å². The Morgan fingerprint density at radius 3 is 2.53 bits per heavy atom. The van der Waals surface area contributed by atoms with Crippen LogP contribution in [-0.4, -0.2) is 10.1 Å². The van der Waals surface area contributed by atoms with Crippen molar-refractivity contribution in [2.45, 2.75) is 19.3 Å². The summed E-state index contributed by atoms with van der Waals surface area (Å²) in [6.45, 7) is 0. The molecule has 0 aliphatic heterocycles. The molecule has 2 aromatic heterocycles. The summed E-state index contributed by atoms with van der Waals surface area (Å²) in [5, 5.41) is 7.81. The molecule has 2 N–H and O–H groups in total. The van der Waals surface area contributed by atoms with Crippen LogP contribution in [0, 0.1) is 0 Å². The van der Waals surface area contributed by atoms with Gasteiger partial charge in [-0.25, -0.2) is 4.98 Å². The van der Waals surface area contributed by atoms with E-state index in [2.05, 4.69) is 44.4 Å². The second kappa shape index (κ2) is 8.94. The highest BCUT2D eigenvalue weighted by atomic mass is 16.5. The number of pyridine rings is 1. The molecule has 0 spiro atoms. The van der Waals surface area contributed by atoms with E-state index in [1.54, 1.807) is 12.3 Å². The molecule has 0 aliphatic rings. The van der Waals surface area contributed by atoms with Gasteiger partial charge in [-0.2, -0.15) is 0 Å². The maximum Gasteiger partial charge on any atom is 0.170 e. The van der Waals surface area contributed by atoms with Crippen molar-refractivity contribution in [1.29, 1.82) is 0 Å². The van der Waals surface area contributed by atoms with E-state index in [-0.39, 0.29) is 0 Å². The van der Waals surface area contributed by atoms with Gasteiger partial charge >= 0.3 is 0 Å². The summed E-state index contributed by atoms with van der Waals surface area (Å²) in [5.41, 5.74) is 20.2. The first-order chi connectivity index (χ1) is 14.7. The van der Waals surface area contributed by atoms with Gasteiger partial charge in [0.05, 0.1) is 11.3 Å². The highest BCUT2D eigenvalue weighted by Gasteiger charge is 2.10. The third kappa shape index (κ3) is 4.66. The summed E-state index contributed by atoms with van der Waals surface area (Å²) in [6.07, 6.45) is 4.12. The van der Waals surface area contributed by atoms with E-state index >= 15 is 0 Å². The fourth-order valence-corrected chi connectivity index (χ4v) is 3.30. The molecular weight excluding hydrogens is 376 g/mol. The summed E-state index contributed by atoms with van der Waals surface area (Å²) in [5.74, 6) is 1.05. The van der Waals surface area contributed by atoms with Crippen molar-refractivity contribution in [3.63, 3.8) is 0 Å². The van der Waals surface area contributed by atoms with Crippen LogP contribution in [0.1, 0.15) is 22.4 Å². The number of hydrogen-bond acceptors (Lipinski definition) is 5. The third-order valence-electron chi connectivity index (χ3n) is 4.84. The van der Waals surface area contributed by atoms with Gasteiger partial charge in [0.1, 0.15) is 5.82 Å². The van der Waals surface area contributed by atoms with Crippen molar-refractivity contribution in [3.05, 3.63) is 106 Å². The normalized spacial score (nSPS) is 10.5. The van der Waals surface area contributed by atoms with E-state index in [9.17, 15) is 0 Å². The SMILES string of the molecule is [N-]=[N+]=Nc1cccc(CCc2ccc(Cc3cc(-c4cccnc4N)on3)cc2)c1. The van der Waals surface area contributed by atoms with Gasteiger partial charge in [-0.3, -0.25) is 0 Å². The second-order valence-electron chi connectivity index (χ2n) is 6.97. The molecule has 0 saturated carbocycles. The van der Waals surface area contributed by atoms with Crippen LogP contribution in [0.2, 0.25) is 0 Å². The van der Waals surface area contributed by atoms with Crippen molar-refractivity contribution in [2.75, 3.05) is 5.73 Å². The largest absolute Gasteiger partial charge is 0.383 e. The predicted octanol–water partition coefficient (Wildman–Crippen LogP) is 5.64. The highest BCUT2D eigenvalue weighted by molar-refractivity contribution is 5.69. The van der Waals surface area contributed by atoms with Crippen molar-refractivity contribution in [2.24, 2.45) is 5.11 Å². The fourth-order valence-electron chi connectivity index (χ4n) is 3.30. The van der Waals surface area contributed by atoms with E-state index in [0.717, 1.165) is 35.2 Å². The lowest BCUT2D eigenvalue weighted by molar-refractivity contribution is 0.425. The first kappa shape index (κ1) is 19.2. The molecule has 7 heteroatoms. The topological polar surface area (TPSA) is 114 Å². The number of anilines is 1. The molecule has 0 bridgehead atoms. The standard InChI is InChI=1S/C23H20N6O/c24-23-21(5-2-12-26-23)22-15-20(28-30-22)14-18-10-7-16(8-11-18)6-9-17-3-1-4-19(13-17)27-29-25/h1-5,7-8,10-13,15H,6,9,14H2,(H2,24,26). The lowest BCUT2D eigenvalue weighted by atomic mass is 10.0. The van der Waals surface area contributed by atoms with Gasteiger partial charge in [-0.05, 0) is 53.3 Å². The smallest absolute Gasteiger partial charge is 0.170 e. The predicted molar refractivity (Wildman–Crippen MR) is 116 cm³/mol. The van der Waals surface area contributed by atoms with Gasteiger partial charge in [-0.15, -0.1) is 0 Å². The van der Waals surface area contributed by atoms with Crippen LogP contribution in [-0.2, 0) is 19.3 Å². The molecule has 0 saturated heterocycles. The minimum Gasteiger partial charge on any atom is -0.383 e. The zero-order valence-electron chi connectivity index (χ0n) is 16.3. The molecule has 30 heavy (non-hydrogen) atoms. The van der Waals surface area contributed by atoms with Crippen LogP contribution in [0.3, 0.4) is 0 Å². The molecule has 0 aliphatic carbocycles. The fraction of sp³-hybridized carbons (Fsp3) is 0.130. The van der Waals surface area contributed by atoms with Crippen LogP contribution in [0.15, 0.2) is 82.6 Å². The quantitative estimate of drug-likeness (QED) is 0.247. The summed E-state index contributed by atoms with van der Waals surface area (Å²) >= 11 is 0. The first-order valence-electron chi connectivity index (χ1n) is 9.59. The summed E-state index contributed by atoms with van der Waals surface area (Å²) in [7, 11) is 0.